The number of aryl methyl sites for hydroxylation is 1. The second kappa shape index (κ2) is 8.03. The van der Waals surface area contributed by atoms with Gasteiger partial charge in [-0.2, -0.15) is 0 Å². The molecule has 0 bridgehead atoms. The Balaban J connectivity index is 1.66. The number of ether oxygens (including phenoxy) is 1. The van der Waals surface area contributed by atoms with Gasteiger partial charge in [-0.25, -0.2) is 0 Å². The zero-order chi connectivity index (χ0) is 15.1. The summed E-state index contributed by atoms with van der Waals surface area (Å²) in [6.45, 7) is 4.66. The smallest absolute Gasteiger partial charge is 0.222 e. The van der Waals surface area contributed by atoms with Crippen LogP contribution < -0.4 is 10.1 Å². The molecule has 0 spiro atoms. The van der Waals surface area contributed by atoms with Gasteiger partial charge in [-0.1, -0.05) is 12.1 Å². The van der Waals surface area contributed by atoms with Crippen molar-refractivity contribution >= 4 is 5.91 Å². The number of hydrogen-bond donors (Lipinski definition) is 1. The summed E-state index contributed by atoms with van der Waals surface area (Å²) >= 11 is 0. The highest BCUT2D eigenvalue weighted by Gasteiger charge is 2.21. The second-order valence-corrected chi connectivity index (χ2v) is 5.75. The Morgan fingerprint density at radius 2 is 2.14 bits per heavy atom. The molecule has 1 N–H and O–H groups in total. The number of amides is 1. The van der Waals surface area contributed by atoms with Crippen molar-refractivity contribution in [2.75, 3.05) is 26.7 Å². The summed E-state index contributed by atoms with van der Waals surface area (Å²) in [5, 5.41) is 3.33. The van der Waals surface area contributed by atoms with Crippen molar-refractivity contribution in [3.8, 4) is 5.75 Å². The molecule has 1 aliphatic rings. The number of carbonyl (C=O) groups excluding carboxylic acids is 1. The van der Waals surface area contributed by atoms with Crippen molar-refractivity contribution in [3.63, 3.8) is 0 Å². The average Bonchev–Trinajstić information content (AvgIpc) is 2.51. The van der Waals surface area contributed by atoms with E-state index in [1.165, 1.54) is 5.56 Å². The van der Waals surface area contributed by atoms with E-state index in [9.17, 15) is 4.79 Å². The molecule has 0 unspecified atom stereocenters. The van der Waals surface area contributed by atoms with E-state index in [0.29, 0.717) is 19.1 Å². The first-order chi connectivity index (χ1) is 10.2. The standard InChI is InChI=1S/C17H26N2O2/c1-14-5-3-6-16(13-14)21-12-4-7-17(20)19(2)15-8-10-18-11-9-15/h3,5-6,13,15,18H,4,7-12H2,1-2H3. The van der Waals surface area contributed by atoms with Crippen LogP contribution in [0.1, 0.15) is 31.2 Å². The van der Waals surface area contributed by atoms with Gasteiger partial charge in [-0.15, -0.1) is 0 Å². The quantitative estimate of drug-likeness (QED) is 0.818. The number of benzene rings is 1. The maximum atomic E-state index is 12.2. The van der Waals surface area contributed by atoms with E-state index >= 15 is 0 Å². The normalized spacial score (nSPS) is 15.7. The molecule has 1 aromatic rings. The lowest BCUT2D eigenvalue weighted by Crippen LogP contribution is -2.43. The van der Waals surface area contributed by atoms with Crippen LogP contribution in [0.3, 0.4) is 0 Å². The molecular weight excluding hydrogens is 264 g/mol. The molecule has 1 aliphatic heterocycles. The highest BCUT2D eigenvalue weighted by atomic mass is 16.5. The Morgan fingerprint density at radius 3 is 2.86 bits per heavy atom. The molecule has 21 heavy (non-hydrogen) atoms. The lowest BCUT2D eigenvalue weighted by Gasteiger charge is -2.31. The Bertz CT molecular complexity index is 456. The van der Waals surface area contributed by atoms with Crippen LogP contribution in [-0.2, 0) is 4.79 Å². The molecule has 1 saturated heterocycles. The minimum atomic E-state index is 0.231. The predicted molar refractivity (Wildman–Crippen MR) is 84.6 cm³/mol. The molecule has 2 rings (SSSR count). The molecule has 0 aliphatic carbocycles. The van der Waals surface area contributed by atoms with E-state index < -0.39 is 0 Å². The molecule has 4 heteroatoms. The average molecular weight is 290 g/mol. The first-order valence-electron chi connectivity index (χ1n) is 7.82. The van der Waals surface area contributed by atoms with Gasteiger partial charge in [0.1, 0.15) is 5.75 Å². The van der Waals surface area contributed by atoms with Crippen LogP contribution in [0.5, 0.6) is 5.75 Å². The van der Waals surface area contributed by atoms with Crippen molar-refractivity contribution in [2.24, 2.45) is 0 Å². The van der Waals surface area contributed by atoms with Crippen molar-refractivity contribution in [3.05, 3.63) is 29.8 Å². The van der Waals surface area contributed by atoms with Crippen LogP contribution in [0.25, 0.3) is 0 Å². The topological polar surface area (TPSA) is 41.6 Å². The Hall–Kier alpha value is -1.55. The number of carbonyl (C=O) groups is 1. The summed E-state index contributed by atoms with van der Waals surface area (Å²) in [7, 11) is 1.93. The molecular formula is C17H26N2O2. The van der Waals surface area contributed by atoms with E-state index in [1.807, 2.05) is 43.1 Å². The molecule has 0 aromatic heterocycles. The summed E-state index contributed by atoms with van der Waals surface area (Å²) in [4.78, 5) is 14.1. The first-order valence-corrected chi connectivity index (χ1v) is 7.82. The number of nitrogens with zero attached hydrogens (tertiary/aromatic N) is 1. The number of rotatable bonds is 6. The van der Waals surface area contributed by atoms with E-state index in [-0.39, 0.29) is 5.91 Å². The van der Waals surface area contributed by atoms with E-state index in [1.54, 1.807) is 0 Å². The number of nitrogens with one attached hydrogen (secondary N) is 1. The Labute approximate surface area is 127 Å². The predicted octanol–water partition coefficient (Wildman–Crippen LogP) is 2.36. The van der Waals surface area contributed by atoms with Gasteiger partial charge in [0.25, 0.3) is 0 Å². The van der Waals surface area contributed by atoms with Crippen LogP contribution in [0.15, 0.2) is 24.3 Å². The summed E-state index contributed by atoms with van der Waals surface area (Å²) in [6, 6.07) is 8.40. The molecule has 116 valence electrons. The van der Waals surface area contributed by atoms with Crippen LogP contribution in [-0.4, -0.2) is 43.6 Å². The third-order valence-electron chi connectivity index (χ3n) is 4.04. The van der Waals surface area contributed by atoms with Crippen LogP contribution in [0.2, 0.25) is 0 Å². The van der Waals surface area contributed by atoms with Gasteiger partial charge >= 0.3 is 0 Å². The fourth-order valence-electron chi connectivity index (χ4n) is 2.69. The zero-order valence-corrected chi connectivity index (χ0v) is 13.1. The Morgan fingerprint density at radius 1 is 1.38 bits per heavy atom. The lowest BCUT2D eigenvalue weighted by molar-refractivity contribution is -0.132. The molecule has 4 nitrogen and oxygen atoms in total. The lowest BCUT2D eigenvalue weighted by atomic mass is 10.0. The molecule has 1 aromatic carbocycles. The maximum Gasteiger partial charge on any atom is 0.222 e. The van der Waals surface area contributed by atoms with Crippen molar-refractivity contribution in [2.45, 2.75) is 38.6 Å². The first kappa shape index (κ1) is 15.8. The molecule has 1 heterocycles. The van der Waals surface area contributed by atoms with Gasteiger partial charge < -0.3 is 15.0 Å². The van der Waals surface area contributed by atoms with Crippen LogP contribution in [0.4, 0.5) is 0 Å². The fourth-order valence-corrected chi connectivity index (χ4v) is 2.69. The molecule has 1 amide bonds. The monoisotopic (exact) mass is 290 g/mol. The minimum Gasteiger partial charge on any atom is -0.494 e. The zero-order valence-electron chi connectivity index (χ0n) is 13.1. The van der Waals surface area contributed by atoms with E-state index in [4.69, 9.17) is 4.74 Å². The summed E-state index contributed by atoms with van der Waals surface area (Å²) in [6.07, 6.45) is 3.44. The van der Waals surface area contributed by atoms with Gasteiger partial charge in [0, 0.05) is 19.5 Å². The minimum absolute atomic E-state index is 0.231. The third-order valence-corrected chi connectivity index (χ3v) is 4.04. The van der Waals surface area contributed by atoms with Gasteiger partial charge in [-0.3, -0.25) is 4.79 Å². The second-order valence-electron chi connectivity index (χ2n) is 5.75. The molecule has 0 radical (unpaired) electrons. The highest BCUT2D eigenvalue weighted by Crippen LogP contribution is 2.14. The molecule has 0 atom stereocenters. The number of piperidine rings is 1. The summed E-state index contributed by atoms with van der Waals surface area (Å²) in [5.74, 6) is 1.11. The van der Waals surface area contributed by atoms with E-state index in [2.05, 4.69) is 5.32 Å². The number of hydrogen-bond acceptors (Lipinski definition) is 3. The SMILES string of the molecule is Cc1cccc(OCCCC(=O)N(C)C2CCNCC2)c1. The van der Waals surface area contributed by atoms with Gasteiger partial charge in [0.15, 0.2) is 0 Å². The largest absolute Gasteiger partial charge is 0.494 e. The van der Waals surface area contributed by atoms with Crippen molar-refractivity contribution in [1.82, 2.24) is 10.2 Å². The Kier molecular flexibility index (Phi) is 6.05. The van der Waals surface area contributed by atoms with Gasteiger partial charge in [0.2, 0.25) is 5.91 Å². The fraction of sp³-hybridized carbons (Fsp3) is 0.588. The van der Waals surface area contributed by atoms with Crippen LogP contribution in [0, 0.1) is 6.92 Å². The van der Waals surface area contributed by atoms with Crippen LogP contribution >= 0.6 is 0 Å². The highest BCUT2D eigenvalue weighted by molar-refractivity contribution is 5.76. The molecule has 1 fully saturated rings. The summed E-state index contributed by atoms with van der Waals surface area (Å²) in [5.41, 5.74) is 1.19. The maximum absolute atomic E-state index is 12.2. The third kappa shape index (κ3) is 5.05. The van der Waals surface area contributed by atoms with Crippen molar-refractivity contribution < 1.29 is 9.53 Å². The van der Waals surface area contributed by atoms with Gasteiger partial charge in [0.05, 0.1) is 6.61 Å². The van der Waals surface area contributed by atoms with Gasteiger partial charge in [-0.05, 0) is 57.0 Å². The molecule has 0 saturated carbocycles. The summed E-state index contributed by atoms with van der Waals surface area (Å²) < 4.78 is 5.68. The van der Waals surface area contributed by atoms with Crippen molar-refractivity contribution in [1.29, 1.82) is 0 Å². The van der Waals surface area contributed by atoms with E-state index in [0.717, 1.165) is 38.1 Å².